The summed E-state index contributed by atoms with van der Waals surface area (Å²) in [6.07, 6.45) is 5.13. The fourth-order valence-corrected chi connectivity index (χ4v) is 5.57. The Kier molecular flexibility index (Phi) is 7.86. The molecule has 168 valence electrons. The first kappa shape index (κ1) is 23.4. The SMILES string of the molecule is CN(C)C(CNC(=O)c1ccc(S(=O)(=O)N(C)C2CCCCC2)cc1)c1ccccc1. The monoisotopic (exact) mass is 443 g/mol. The first-order valence-corrected chi connectivity index (χ1v) is 12.3. The number of carbonyl (C=O) groups is 1. The maximum atomic E-state index is 13.0. The summed E-state index contributed by atoms with van der Waals surface area (Å²) in [5.74, 6) is -0.215. The highest BCUT2D eigenvalue weighted by Gasteiger charge is 2.29. The zero-order chi connectivity index (χ0) is 22.4. The molecule has 3 rings (SSSR count). The molecule has 1 fully saturated rings. The van der Waals surface area contributed by atoms with Crippen LogP contribution < -0.4 is 5.32 Å². The molecule has 1 atom stereocenters. The second-order valence-electron chi connectivity index (χ2n) is 8.44. The summed E-state index contributed by atoms with van der Waals surface area (Å²) < 4.78 is 27.5. The lowest BCUT2D eigenvalue weighted by atomic mass is 9.96. The molecule has 6 nitrogen and oxygen atoms in total. The Labute approximate surface area is 186 Å². The van der Waals surface area contributed by atoms with Gasteiger partial charge < -0.3 is 10.2 Å². The minimum Gasteiger partial charge on any atom is -0.350 e. The number of hydrogen-bond donors (Lipinski definition) is 1. The number of nitrogens with one attached hydrogen (secondary N) is 1. The van der Waals surface area contributed by atoms with Crippen molar-refractivity contribution >= 4 is 15.9 Å². The molecule has 0 aromatic heterocycles. The average Bonchev–Trinajstić information content (AvgIpc) is 2.79. The van der Waals surface area contributed by atoms with E-state index in [1.54, 1.807) is 19.2 Å². The van der Waals surface area contributed by atoms with Gasteiger partial charge in [-0.15, -0.1) is 0 Å². The van der Waals surface area contributed by atoms with Gasteiger partial charge in [-0.05, 0) is 56.8 Å². The predicted octanol–water partition coefficient (Wildman–Crippen LogP) is 3.67. The lowest BCUT2D eigenvalue weighted by Gasteiger charge is -2.30. The van der Waals surface area contributed by atoms with Crippen LogP contribution in [0.2, 0.25) is 0 Å². The van der Waals surface area contributed by atoms with Gasteiger partial charge in [0.05, 0.1) is 10.9 Å². The maximum Gasteiger partial charge on any atom is 0.251 e. The second-order valence-corrected chi connectivity index (χ2v) is 10.4. The molecule has 1 unspecified atom stereocenters. The van der Waals surface area contributed by atoms with Gasteiger partial charge in [0.15, 0.2) is 0 Å². The van der Waals surface area contributed by atoms with Crippen molar-refractivity contribution in [3.8, 4) is 0 Å². The third-order valence-electron chi connectivity index (χ3n) is 6.15. The molecule has 1 N–H and O–H groups in total. The topological polar surface area (TPSA) is 69.7 Å². The van der Waals surface area contributed by atoms with E-state index in [-0.39, 0.29) is 22.9 Å². The Bertz CT molecular complexity index is 953. The second kappa shape index (κ2) is 10.4. The summed E-state index contributed by atoms with van der Waals surface area (Å²) in [5.41, 5.74) is 1.57. The van der Waals surface area contributed by atoms with Gasteiger partial charge in [0.2, 0.25) is 10.0 Å². The van der Waals surface area contributed by atoms with Crippen LogP contribution in [0.5, 0.6) is 0 Å². The number of sulfonamides is 1. The number of carbonyl (C=O) groups excluding carboxylic acids is 1. The van der Waals surface area contributed by atoms with E-state index in [0.29, 0.717) is 12.1 Å². The average molecular weight is 444 g/mol. The Morgan fingerprint density at radius 2 is 1.58 bits per heavy atom. The molecule has 1 aliphatic rings. The molecule has 0 saturated heterocycles. The molecule has 0 heterocycles. The molecule has 0 bridgehead atoms. The molecule has 1 amide bonds. The van der Waals surface area contributed by atoms with Crippen LogP contribution in [0.15, 0.2) is 59.5 Å². The first-order valence-electron chi connectivity index (χ1n) is 10.9. The van der Waals surface area contributed by atoms with Crippen molar-refractivity contribution in [1.29, 1.82) is 0 Å². The zero-order valence-electron chi connectivity index (χ0n) is 18.6. The van der Waals surface area contributed by atoms with Crippen LogP contribution in [0, 0.1) is 0 Å². The molecule has 0 aliphatic heterocycles. The van der Waals surface area contributed by atoms with Gasteiger partial charge in [-0.2, -0.15) is 4.31 Å². The van der Waals surface area contributed by atoms with E-state index >= 15 is 0 Å². The van der Waals surface area contributed by atoms with Crippen LogP contribution in [0.3, 0.4) is 0 Å². The number of hydrogen-bond acceptors (Lipinski definition) is 4. The molecule has 0 spiro atoms. The van der Waals surface area contributed by atoms with Crippen LogP contribution in [0.1, 0.15) is 54.1 Å². The Morgan fingerprint density at radius 1 is 0.968 bits per heavy atom. The third kappa shape index (κ3) is 5.73. The zero-order valence-corrected chi connectivity index (χ0v) is 19.4. The van der Waals surface area contributed by atoms with Crippen molar-refractivity contribution in [2.24, 2.45) is 0 Å². The standard InChI is InChI=1S/C24H33N3O3S/c1-26(2)23(19-10-6-4-7-11-19)18-25-24(28)20-14-16-22(17-15-20)31(29,30)27(3)21-12-8-5-9-13-21/h4,6-7,10-11,14-17,21,23H,5,8-9,12-13,18H2,1-3H3,(H,25,28). The summed E-state index contributed by atoms with van der Waals surface area (Å²) in [6, 6.07) is 16.4. The molecule has 2 aromatic rings. The minimum atomic E-state index is -3.56. The van der Waals surface area contributed by atoms with Gasteiger partial charge in [-0.25, -0.2) is 8.42 Å². The van der Waals surface area contributed by atoms with Crippen molar-refractivity contribution in [3.05, 3.63) is 65.7 Å². The molecule has 7 heteroatoms. The van der Waals surface area contributed by atoms with Gasteiger partial charge in [0.1, 0.15) is 0 Å². The number of rotatable bonds is 8. The summed E-state index contributed by atoms with van der Waals surface area (Å²) in [7, 11) is 2.06. The lowest BCUT2D eigenvalue weighted by molar-refractivity contribution is 0.0942. The van der Waals surface area contributed by atoms with Crippen LogP contribution >= 0.6 is 0 Å². The number of amides is 1. The highest BCUT2D eigenvalue weighted by atomic mass is 32.2. The van der Waals surface area contributed by atoms with Crippen LogP contribution in [-0.2, 0) is 10.0 Å². The smallest absolute Gasteiger partial charge is 0.251 e. The summed E-state index contributed by atoms with van der Waals surface area (Å²) in [5, 5.41) is 2.97. The molecular formula is C24H33N3O3S. The maximum absolute atomic E-state index is 13.0. The van der Waals surface area contributed by atoms with Crippen molar-refractivity contribution in [2.75, 3.05) is 27.7 Å². The lowest BCUT2D eigenvalue weighted by Crippen LogP contribution is -2.38. The van der Waals surface area contributed by atoms with Gasteiger partial charge >= 0.3 is 0 Å². The van der Waals surface area contributed by atoms with E-state index in [0.717, 1.165) is 31.2 Å². The van der Waals surface area contributed by atoms with E-state index < -0.39 is 10.0 Å². The fraction of sp³-hybridized carbons (Fsp3) is 0.458. The Morgan fingerprint density at radius 3 is 2.16 bits per heavy atom. The Balaban J connectivity index is 1.65. The Hall–Kier alpha value is -2.22. The molecular weight excluding hydrogens is 410 g/mol. The van der Waals surface area contributed by atoms with E-state index in [2.05, 4.69) is 10.2 Å². The number of benzene rings is 2. The van der Waals surface area contributed by atoms with Crippen molar-refractivity contribution < 1.29 is 13.2 Å². The third-order valence-corrected chi connectivity index (χ3v) is 8.07. The minimum absolute atomic E-state index is 0.0499. The van der Waals surface area contributed by atoms with Crippen LogP contribution in [-0.4, -0.2) is 57.3 Å². The highest BCUT2D eigenvalue weighted by molar-refractivity contribution is 7.89. The quantitative estimate of drug-likeness (QED) is 0.676. The van der Waals surface area contributed by atoms with Gasteiger partial charge in [-0.3, -0.25) is 4.79 Å². The molecule has 2 aromatic carbocycles. The van der Waals surface area contributed by atoms with E-state index in [4.69, 9.17) is 0 Å². The molecule has 1 saturated carbocycles. The van der Waals surface area contributed by atoms with Gasteiger partial charge in [0.25, 0.3) is 5.91 Å². The van der Waals surface area contributed by atoms with E-state index in [9.17, 15) is 13.2 Å². The predicted molar refractivity (Wildman–Crippen MR) is 123 cm³/mol. The van der Waals surface area contributed by atoms with Crippen LogP contribution in [0.4, 0.5) is 0 Å². The van der Waals surface area contributed by atoms with Gasteiger partial charge in [-0.1, -0.05) is 49.6 Å². The fourth-order valence-electron chi connectivity index (χ4n) is 4.15. The molecule has 31 heavy (non-hydrogen) atoms. The summed E-state index contributed by atoms with van der Waals surface area (Å²) in [4.78, 5) is 14.9. The van der Waals surface area contributed by atoms with Crippen molar-refractivity contribution in [2.45, 2.75) is 49.1 Å². The van der Waals surface area contributed by atoms with Gasteiger partial charge in [0, 0.05) is 25.2 Å². The highest BCUT2D eigenvalue weighted by Crippen LogP contribution is 2.26. The van der Waals surface area contributed by atoms with Crippen molar-refractivity contribution in [1.82, 2.24) is 14.5 Å². The van der Waals surface area contributed by atoms with Crippen LogP contribution in [0.25, 0.3) is 0 Å². The summed E-state index contributed by atoms with van der Waals surface area (Å²) >= 11 is 0. The molecule has 0 radical (unpaired) electrons. The molecule has 1 aliphatic carbocycles. The first-order chi connectivity index (χ1) is 14.8. The van der Waals surface area contributed by atoms with E-state index in [1.165, 1.54) is 22.9 Å². The number of nitrogens with zero attached hydrogens (tertiary/aromatic N) is 2. The normalized spacial score (nSPS) is 16.4. The summed E-state index contributed by atoms with van der Waals surface area (Å²) in [6.45, 7) is 0.459. The number of likely N-dealkylation sites (N-methyl/N-ethyl adjacent to an activating group) is 1. The largest absolute Gasteiger partial charge is 0.350 e. The van der Waals surface area contributed by atoms with E-state index in [1.807, 2.05) is 44.4 Å². The van der Waals surface area contributed by atoms with Crippen molar-refractivity contribution in [3.63, 3.8) is 0 Å².